The Morgan fingerprint density at radius 3 is 1.03 bits per heavy atom. The van der Waals surface area contributed by atoms with Gasteiger partial charge >= 0.3 is 24.3 Å². The van der Waals surface area contributed by atoms with Crippen molar-refractivity contribution in [3.8, 4) is 24.7 Å². The molecule has 6 nitrogen and oxygen atoms in total. The summed E-state index contributed by atoms with van der Waals surface area (Å²) in [7, 11) is 1.62. The Hall–Kier alpha value is -4.78. The van der Waals surface area contributed by atoms with Crippen molar-refractivity contribution in [2.24, 2.45) is 0 Å². The molecule has 0 unspecified atom stereocenters. The fraction of sp³-hybridized carbons (Fsp3) is 0.520. The first kappa shape index (κ1) is 53.4. The zero-order valence-electron chi connectivity index (χ0n) is 36.0. The number of rotatable bonds is 30. The van der Waals surface area contributed by atoms with E-state index in [-0.39, 0.29) is 0 Å². The predicted molar refractivity (Wildman–Crippen MR) is 230 cm³/mol. The Balaban J connectivity index is 1.48. The molecule has 0 spiro atoms. The maximum absolute atomic E-state index is 14.1. The third-order valence-corrected chi connectivity index (χ3v) is 10.4. The van der Waals surface area contributed by atoms with Crippen molar-refractivity contribution in [3.63, 3.8) is 0 Å². The van der Waals surface area contributed by atoms with Gasteiger partial charge in [-0.25, -0.2) is 9.59 Å². The van der Waals surface area contributed by atoms with Crippen molar-refractivity contribution in [1.29, 1.82) is 0 Å². The van der Waals surface area contributed by atoms with Gasteiger partial charge < -0.3 is 18.9 Å². The second kappa shape index (κ2) is 28.7. The van der Waals surface area contributed by atoms with E-state index < -0.39 is 58.8 Å². The van der Waals surface area contributed by atoms with Crippen LogP contribution in [0.25, 0.3) is 0 Å². The number of alkyl halides is 6. The molecule has 340 valence electrons. The summed E-state index contributed by atoms with van der Waals surface area (Å²) in [6.07, 6.45) is 27.8. The van der Waals surface area contributed by atoms with Crippen LogP contribution >= 0.6 is 0 Å². The molecule has 0 saturated carbocycles. The average molecular weight is 873 g/mol. The standard InChI is InChI=1S/C50H62F6O6/c1-5-43(61-45(57)47(59-3,49(51,52)53)41-35-29-27-30-36-41)39-33-25-23-21-19-17-15-13-11-9-7-8-10-12-14-16-18-20-22-24-26-34-40-44(6-2)62-46(58)48(60-4,50(54,55)56)42-37-31-28-32-38-42/h1-2,7-8,27-40,43-44H,9-26H2,3-4H3/b8-7-,39-33+,40-34+/t43-,44-,47+,48+/m0/s1. The summed E-state index contributed by atoms with van der Waals surface area (Å²) in [5, 5.41) is 0. The van der Waals surface area contributed by atoms with Crippen molar-refractivity contribution in [1.82, 2.24) is 0 Å². The van der Waals surface area contributed by atoms with Gasteiger partial charge in [-0.1, -0.05) is 161 Å². The van der Waals surface area contributed by atoms with Crippen LogP contribution in [-0.4, -0.2) is 50.7 Å². The molecule has 4 atom stereocenters. The average Bonchev–Trinajstić information content (AvgIpc) is 3.24. The first-order valence-electron chi connectivity index (χ1n) is 21.4. The lowest BCUT2D eigenvalue weighted by Gasteiger charge is -2.32. The van der Waals surface area contributed by atoms with Gasteiger partial charge in [0.25, 0.3) is 11.2 Å². The molecule has 0 amide bonds. The monoisotopic (exact) mass is 872 g/mol. The number of allylic oxidation sites excluding steroid dienone is 4. The maximum atomic E-state index is 14.1. The van der Waals surface area contributed by atoms with E-state index in [2.05, 4.69) is 24.0 Å². The summed E-state index contributed by atoms with van der Waals surface area (Å²) >= 11 is 0. The van der Waals surface area contributed by atoms with Crippen molar-refractivity contribution in [2.75, 3.05) is 14.2 Å². The van der Waals surface area contributed by atoms with Gasteiger partial charge in [-0.2, -0.15) is 26.3 Å². The highest BCUT2D eigenvalue weighted by molar-refractivity contribution is 5.84. The molecule has 62 heavy (non-hydrogen) atoms. The van der Waals surface area contributed by atoms with Crippen LogP contribution < -0.4 is 0 Å². The number of halogens is 6. The number of unbranched alkanes of at least 4 members (excludes halogenated alkanes) is 16. The Bertz CT molecular complexity index is 1610. The molecule has 0 aromatic heterocycles. The molecule has 0 N–H and O–H groups in total. The number of benzene rings is 2. The molecule has 0 bridgehead atoms. The van der Waals surface area contributed by atoms with Crippen LogP contribution in [0, 0.1) is 24.7 Å². The minimum atomic E-state index is -5.07. The minimum absolute atomic E-state index is 0.393. The fourth-order valence-electron chi connectivity index (χ4n) is 6.92. The Labute approximate surface area is 364 Å². The summed E-state index contributed by atoms with van der Waals surface area (Å²) in [5.41, 5.74) is -7.36. The molecule has 2 aromatic rings. The lowest BCUT2D eigenvalue weighted by atomic mass is 9.92. The zero-order valence-corrected chi connectivity index (χ0v) is 36.0. The minimum Gasteiger partial charge on any atom is -0.442 e. The maximum Gasteiger partial charge on any atom is 0.432 e. The van der Waals surface area contributed by atoms with E-state index >= 15 is 0 Å². The fourth-order valence-corrected chi connectivity index (χ4v) is 6.92. The summed E-state index contributed by atoms with van der Waals surface area (Å²) < 4.78 is 104. The van der Waals surface area contributed by atoms with Gasteiger partial charge in [0.15, 0.2) is 12.2 Å². The lowest BCUT2D eigenvalue weighted by molar-refractivity contribution is -0.277. The first-order chi connectivity index (χ1) is 29.7. The van der Waals surface area contributed by atoms with Crippen LogP contribution in [0.15, 0.2) is 97.1 Å². The second-order valence-corrected chi connectivity index (χ2v) is 14.9. The van der Waals surface area contributed by atoms with Gasteiger partial charge in [-0.3, -0.25) is 0 Å². The molecular formula is C50H62F6O6. The summed E-state index contributed by atoms with van der Waals surface area (Å²) in [6, 6.07) is 13.2. The molecule has 2 aromatic carbocycles. The number of carbonyl (C=O) groups excluding carboxylic acids is 2. The van der Waals surface area contributed by atoms with Crippen LogP contribution in [-0.2, 0) is 39.7 Å². The van der Waals surface area contributed by atoms with Gasteiger partial charge in [-0.15, -0.1) is 12.8 Å². The molecular weight excluding hydrogens is 811 g/mol. The van der Waals surface area contributed by atoms with Gasteiger partial charge in [-0.05, 0) is 63.5 Å². The Morgan fingerprint density at radius 1 is 0.500 bits per heavy atom. The van der Waals surface area contributed by atoms with Crippen LogP contribution in [0.4, 0.5) is 26.3 Å². The molecule has 0 heterocycles. The third kappa shape index (κ3) is 16.8. The van der Waals surface area contributed by atoms with E-state index in [1.165, 1.54) is 61.4 Å². The number of methoxy groups -OCH3 is 2. The van der Waals surface area contributed by atoms with E-state index in [0.29, 0.717) is 12.8 Å². The highest BCUT2D eigenvalue weighted by Gasteiger charge is 2.65. The van der Waals surface area contributed by atoms with Gasteiger partial charge in [0.2, 0.25) is 0 Å². The van der Waals surface area contributed by atoms with Crippen LogP contribution in [0.2, 0.25) is 0 Å². The molecule has 0 aliphatic carbocycles. The number of hydrogen-bond acceptors (Lipinski definition) is 6. The van der Waals surface area contributed by atoms with Gasteiger partial charge in [0, 0.05) is 25.3 Å². The molecule has 0 aliphatic heterocycles. The normalized spacial score (nSPS) is 15.1. The zero-order chi connectivity index (χ0) is 45.7. The summed E-state index contributed by atoms with van der Waals surface area (Å²) in [6.45, 7) is 0. The van der Waals surface area contributed by atoms with Crippen molar-refractivity contribution < 1.29 is 54.9 Å². The van der Waals surface area contributed by atoms with E-state index in [0.717, 1.165) is 128 Å². The summed E-state index contributed by atoms with van der Waals surface area (Å²) in [5.74, 6) is 1.20. The van der Waals surface area contributed by atoms with Crippen LogP contribution in [0.1, 0.15) is 127 Å². The molecule has 0 fully saturated rings. The number of esters is 2. The van der Waals surface area contributed by atoms with Gasteiger partial charge in [0.1, 0.15) is 0 Å². The van der Waals surface area contributed by atoms with Crippen molar-refractivity contribution in [2.45, 2.75) is 151 Å². The van der Waals surface area contributed by atoms with E-state index in [4.69, 9.17) is 31.8 Å². The highest BCUT2D eigenvalue weighted by atomic mass is 19.4. The third-order valence-electron chi connectivity index (χ3n) is 10.4. The molecule has 0 radical (unpaired) electrons. The smallest absolute Gasteiger partial charge is 0.432 e. The highest BCUT2D eigenvalue weighted by Crippen LogP contribution is 2.44. The second-order valence-electron chi connectivity index (χ2n) is 14.9. The number of carbonyl (C=O) groups is 2. The molecule has 0 saturated heterocycles. The number of terminal acetylenes is 2. The quantitative estimate of drug-likeness (QED) is 0.0256. The first-order valence-corrected chi connectivity index (χ1v) is 21.4. The molecule has 12 heteroatoms. The largest absolute Gasteiger partial charge is 0.442 e. The van der Waals surface area contributed by atoms with Crippen molar-refractivity contribution in [3.05, 3.63) is 108 Å². The topological polar surface area (TPSA) is 71.1 Å². The molecule has 0 aliphatic rings. The SMILES string of the molecule is C#C[C@@H](/C=C/CCCCCCCCC/C=C\CCCCCCCCC/C=C/[C@H](C#C)OC(=O)[C@](OC)(c1ccccc1)C(F)(F)F)OC(=O)[C@](OC)(c1ccccc1)C(F)(F)F. The number of hydrogen-bond donors (Lipinski definition) is 0. The van der Waals surface area contributed by atoms with Gasteiger partial charge in [0.05, 0.1) is 0 Å². The van der Waals surface area contributed by atoms with E-state index in [9.17, 15) is 35.9 Å². The summed E-state index contributed by atoms with van der Waals surface area (Å²) in [4.78, 5) is 25.6. The lowest BCUT2D eigenvalue weighted by Crippen LogP contribution is -2.52. The number of ether oxygens (including phenoxy) is 4. The van der Waals surface area contributed by atoms with Crippen LogP contribution in [0.5, 0.6) is 0 Å². The molecule has 2 rings (SSSR count). The predicted octanol–water partition coefficient (Wildman–Crippen LogP) is 13.0. The van der Waals surface area contributed by atoms with Crippen LogP contribution in [0.3, 0.4) is 0 Å². The van der Waals surface area contributed by atoms with E-state index in [1.807, 2.05) is 0 Å². The Morgan fingerprint density at radius 2 is 0.774 bits per heavy atom. The van der Waals surface area contributed by atoms with E-state index in [1.54, 1.807) is 12.2 Å². The van der Waals surface area contributed by atoms with Crippen molar-refractivity contribution >= 4 is 11.9 Å². The Kier molecular flexibility index (Phi) is 24.7.